The van der Waals surface area contributed by atoms with Gasteiger partial charge < -0.3 is 20.0 Å². The van der Waals surface area contributed by atoms with Crippen molar-refractivity contribution in [2.24, 2.45) is 5.16 Å². The lowest BCUT2D eigenvalue weighted by Gasteiger charge is -2.16. The number of amides is 1. The highest BCUT2D eigenvalue weighted by atomic mass is 32.2. The number of sulfonamides is 1. The molecular formula is C22H27N5O6S. The number of aliphatic hydroxyl groups is 1. The topological polar surface area (TPSA) is 143 Å². The first-order valence-electron chi connectivity index (χ1n) is 11.0. The van der Waals surface area contributed by atoms with E-state index in [0.29, 0.717) is 31.1 Å². The third-order valence-corrected chi connectivity index (χ3v) is 7.43. The van der Waals surface area contributed by atoms with Crippen LogP contribution in [-0.4, -0.2) is 78.9 Å². The minimum atomic E-state index is -3.78. The lowest BCUT2D eigenvalue weighted by molar-refractivity contribution is -0.110. The first kappa shape index (κ1) is 24.2. The van der Waals surface area contributed by atoms with E-state index in [4.69, 9.17) is 14.7 Å². The Bertz CT molecular complexity index is 1130. The van der Waals surface area contributed by atoms with Crippen molar-refractivity contribution in [2.45, 2.75) is 36.2 Å². The predicted molar refractivity (Wildman–Crippen MR) is 123 cm³/mol. The summed E-state index contributed by atoms with van der Waals surface area (Å²) in [6, 6.07) is 5.72. The zero-order valence-electron chi connectivity index (χ0n) is 18.8. The van der Waals surface area contributed by atoms with E-state index in [1.54, 1.807) is 6.20 Å². The Kier molecular flexibility index (Phi) is 7.51. The van der Waals surface area contributed by atoms with Gasteiger partial charge >= 0.3 is 0 Å². The smallest absolute Gasteiger partial charge is 0.279 e. The molecule has 4 rings (SSSR count). The number of oxime groups is 1. The zero-order chi connectivity index (χ0) is 24.1. The number of rotatable bonds is 10. The second-order valence-electron chi connectivity index (χ2n) is 8.16. The van der Waals surface area contributed by atoms with Crippen LogP contribution < -0.4 is 5.32 Å². The maximum absolute atomic E-state index is 13.0. The fourth-order valence-corrected chi connectivity index (χ4v) is 4.50. The Balaban J connectivity index is 1.55. The van der Waals surface area contributed by atoms with Gasteiger partial charge in [-0.25, -0.2) is 13.4 Å². The van der Waals surface area contributed by atoms with Gasteiger partial charge in [0.15, 0.2) is 17.6 Å². The van der Waals surface area contributed by atoms with Crippen molar-refractivity contribution in [2.75, 3.05) is 38.7 Å². The molecule has 1 saturated carbocycles. The molecule has 11 nitrogen and oxygen atoms in total. The summed E-state index contributed by atoms with van der Waals surface area (Å²) in [5.74, 6) is 0.152. The average molecular weight is 490 g/mol. The second kappa shape index (κ2) is 10.6. The molecule has 2 fully saturated rings. The van der Waals surface area contributed by atoms with E-state index in [2.05, 4.69) is 20.4 Å². The molecule has 1 aromatic heterocycles. The average Bonchev–Trinajstić information content (AvgIpc) is 3.55. The molecule has 1 saturated heterocycles. The number of hydrogen-bond donors (Lipinski definition) is 2. The molecule has 2 aliphatic rings. The maximum atomic E-state index is 13.0. The summed E-state index contributed by atoms with van der Waals surface area (Å²) in [6.07, 6.45) is 5.73. The van der Waals surface area contributed by atoms with E-state index in [0.717, 1.165) is 22.8 Å². The number of aliphatic hydroxyl groups excluding tert-OH is 1. The number of carbonyl (C=O) groups excluding carboxylic acids is 1. The lowest BCUT2D eigenvalue weighted by atomic mass is 10.1. The molecule has 2 aromatic rings. The minimum absolute atomic E-state index is 0.0265. The van der Waals surface area contributed by atoms with Crippen LogP contribution in [-0.2, 0) is 24.4 Å². The molecule has 12 heteroatoms. The number of likely N-dealkylation sites (N-methyl/N-ethyl adjacent to an activating group) is 1. The molecule has 1 aliphatic heterocycles. The number of nitrogens with zero attached hydrogens (tertiary/aromatic N) is 4. The summed E-state index contributed by atoms with van der Waals surface area (Å²) in [4.78, 5) is 27.2. The van der Waals surface area contributed by atoms with Crippen molar-refractivity contribution < 1.29 is 27.9 Å². The van der Waals surface area contributed by atoms with E-state index in [-0.39, 0.29) is 35.7 Å². The van der Waals surface area contributed by atoms with Gasteiger partial charge in [0.2, 0.25) is 10.0 Å². The third-order valence-electron chi connectivity index (χ3n) is 5.56. The normalized spacial score (nSPS) is 18.8. The van der Waals surface area contributed by atoms with Gasteiger partial charge in [0.1, 0.15) is 0 Å². The van der Waals surface area contributed by atoms with Gasteiger partial charge in [0.05, 0.1) is 42.8 Å². The van der Waals surface area contributed by atoms with Crippen LogP contribution in [0, 0.1) is 0 Å². The first-order chi connectivity index (χ1) is 16.4. The number of ether oxygens (including phenoxy) is 1. The number of benzene rings is 1. The van der Waals surface area contributed by atoms with Gasteiger partial charge in [-0.3, -0.25) is 9.78 Å². The van der Waals surface area contributed by atoms with Gasteiger partial charge in [0.25, 0.3) is 5.91 Å². The summed E-state index contributed by atoms with van der Waals surface area (Å²) >= 11 is 0. The molecule has 1 aromatic carbocycles. The Morgan fingerprint density at radius 1 is 1.24 bits per heavy atom. The first-order valence-corrected chi connectivity index (χ1v) is 12.4. The fourth-order valence-electron chi connectivity index (χ4n) is 3.34. The number of nitrogens with one attached hydrogen (secondary N) is 1. The molecule has 0 unspecified atom stereocenters. The van der Waals surface area contributed by atoms with E-state index in [9.17, 15) is 13.2 Å². The Hall–Kier alpha value is -2.93. The zero-order valence-corrected chi connectivity index (χ0v) is 19.6. The van der Waals surface area contributed by atoms with E-state index in [1.165, 1.54) is 37.5 Å². The monoisotopic (exact) mass is 489 g/mol. The Morgan fingerprint density at radius 2 is 2.00 bits per heavy atom. The number of carbonyl (C=O) groups is 1. The third kappa shape index (κ3) is 5.76. The number of aromatic nitrogens is 2. The van der Waals surface area contributed by atoms with Crippen molar-refractivity contribution in [3.8, 4) is 0 Å². The van der Waals surface area contributed by atoms with Crippen molar-refractivity contribution in [1.82, 2.24) is 14.3 Å². The van der Waals surface area contributed by atoms with Crippen molar-refractivity contribution in [3.63, 3.8) is 0 Å². The Labute approximate surface area is 197 Å². The minimum Gasteiger partial charge on any atom is -0.395 e. The van der Waals surface area contributed by atoms with Gasteiger partial charge in [0, 0.05) is 31.5 Å². The molecule has 1 amide bonds. The molecule has 182 valence electrons. The molecule has 1 aliphatic carbocycles. The lowest BCUT2D eigenvalue weighted by Crippen LogP contribution is -2.30. The van der Waals surface area contributed by atoms with Crippen molar-refractivity contribution in [3.05, 3.63) is 47.9 Å². The van der Waals surface area contributed by atoms with Crippen LogP contribution in [0.3, 0.4) is 0 Å². The summed E-state index contributed by atoms with van der Waals surface area (Å²) < 4.78 is 31.6. The standard InChI is InChI=1S/C22H27N5O6S/c1-27(9-10-28)34(30,31)18-6-4-16(5-7-18)21(26-33-17-8-11-32-14-17)22(29)25-20-13-23-19(12-24-20)15-2-3-15/h4-7,12-13,15,17,28H,2-3,8-11,14H2,1H3,(H,24,25,29)/b26-21+/t17-/m1/s1. The quantitative estimate of drug-likeness (QED) is 0.373. The van der Waals surface area contributed by atoms with E-state index < -0.39 is 15.9 Å². The molecular weight excluding hydrogens is 462 g/mol. The molecule has 2 heterocycles. The fraction of sp³-hybridized carbons (Fsp3) is 0.455. The highest BCUT2D eigenvalue weighted by molar-refractivity contribution is 7.89. The van der Waals surface area contributed by atoms with Gasteiger partial charge in [-0.2, -0.15) is 4.31 Å². The number of hydrogen-bond acceptors (Lipinski definition) is 9. The second-order valence-corrected chi connectivity index (χ2v) is 10.2. The Morgan fingerprint density at radius 3 is 2.59 bits per heavy atom. The van der Waals surface area contributed by atoms with Crippen LogP contribution in [0.15, 0.2) is 46.7 Å². The van der Waals surface area contributed by atoms with Crippen LogP contribution in [0.2, 0.25) is 0 Å². The van der Waals surface area contributed by atoms with Crippen LogP contribution in [0.5, 0.6) is 0 Å². The van der Waals surface area contributed by atoms with Crippen LogP contribution >= 0.6 is 0 Å². The maximum Gasteiger partial charge on any atom is 0.279 e. The van der Waals surface area contributed by atoms with Gasteiger partial charge in [-0.05, 0) is 25.0 Å². The summed E-state index contributed by atoms with van der Waals surface area (Å²) in [5.41, 5.74) is 1.23. The summed E-state index contributed by atoms with van der Waals surface area (Å²) in [7, 11) is -2.40. The van der Waals surface area contributed by atoms with Crippen LogP contribution in [0.25, 0.3) is 0 Å². The molecule has 0 spiro atoms. The SMILES string of the molecule is CN(CCO)S(=O)(=O)c1ccc(/C(=N\O[C@@H]2CCOC2)C(=O)Nc2cnc(C3CC3)cn2)cc1. The highest BCUT2D eigenvalue weighted by Crippen LogP contribution is 2.38. The predicted octanol–water partition coefficient (Wildman–Crippen LogP) is 1.12. The van der Waals surface area contributed by atoms with Gasteiger partial charge in [-0.15, -0.1) is 0 Å². The van der Waals surface area contributed by atoms with Crippen molar-refractivity contribution >= 4 is 27.5 Å². The molecule has 34 heavy (non-hydrogen) atoms. The highest BCUT2D eigenvalue weighted by Gasteiger charge is 2.26. The van der Waals surface area contributed by atoms with Gasteiger partial charge in [-0.1, -0.05) is 17.3 Å². The van der Waals surface area contributed by atoms with E-state index in [1.807, 2.05) is 0 Å². The molecule has 0 radical (unpaired) electrons. The van der Waals surface area contributed by atoms with E-state index >= 15 is 0 Å². The summed E-state index contributed by atoms with van der Waals surface area (Å²) in [6.45, 7) is 0.605. The molecule has 0 bridgehead atoms. The van der Waals surface area contributed by atoms with Crippen LogP contribution in [0.4, 0.5) is 5.82 Å². The number of anilines is 1. The largest absolute Gasteiger partial charge is 0.395 e. The summed E-state index contributed by atoms with van der Waals surface area (Å²) in [5, 5.41) is 15.8. The van der Waals surface area contributed by atoms with Crippen LogP contribution in [0.1, 0.15) is 36.4 Å². The van der Waals surface area contributed by atoms with Crippen molar-refractivity contribution in [1.29, 1.82) is 0 Å². The molecule has 1 atom stereocenters. The molecule has 2 N–H and O–H groups in total.